The third kappa shape index (κ3) is 32.9. The quantitative estimate of drug-likeness (QED) is 0.0277. The summed E-state index contributed by atoms with van der Waals surface area (Å²) in [6.07, 6.45) is 41.1. The van der Waals surface area contributed by atoms with Gasteiger partial charge in [-0.2, -0.15) is 0 Å². The number of aliphatic carboxylic acids is 1. The number of hydrogen-bond donors (Lipinski definition) is 0. The van der Waals surface area contributed by atoms with Crippen LogP contribution in [0.25, 0.3) is 0 Å². The van der Waals surface area contributed by atoms with Crippen molar-refractivity contribution in [3.63, 3.8) is 0 Å². The summed E-state index contributed by atoms with van der Waals surface area (Å²) < 4.78 is 17.0. The van der Waals surface area contributed by atoms with Crippen LogP contribution in [0.1, 0.15) is 149 Å². The lowest BCUT2D eigenvalue weighted by Crippen LogP contribution is -2.55. The number of carboxylic acids is 1. The summed E-state index contributed by atoms with van der Waals surface area (Å²) in [4.78, 5) is 36.7. The number of allylic oxidation sites excluding steroid dienone is 10. The second-order valence-electron chi connectivity index (χ2n) is 14.5. The average Bonchev–Trinajstić information content (AvgIpc) is 3.09. The second kappa shape index (κ2) is 35.1. The monoisotopic (exact) mass is 730 g/mol. The molecule has 298 valence electrons. The predicted molar refractivity (Wildman–Crippen MR) is 212 cm³/mol. The lowest BCUT2D eigenvalue weighted by Gasteiger charge is -2.34. The Balaban J connectivity index is 4.52. The molecule has 0 aromatic heterocycles. The Morgan fingerprint density at radius 3 is 1.63 bits per heavy atom. The van der Waals surface area contributed by atoms with E-state index in [1.165, 1.54) is 44.9 Å². The van der Waals surface area contributed by atoms with E-state index in [2.05, 4.69) is 74.6 Å². The standard InChI is InChI=1S/C44H75NO7/c1-6-8-10-12-14-16-18-19-20-21-22-23-25-27-29-31-33-35-43(47)52-40(38-50-37-36-41(44(48)49)45(3,4)5)39-51-42(46)34-32-30-28-26-24-17-15-13-11-9-7-2/h13-16,19-20,22-23,27,29,40-41H,6-12,17-18,21,24-26,28,30-39H2,1-5H3/b15-13+,16-14+,20-19+,23-22+,29-27+. The predicted octanol–water partition coefficient (Wildman–Crippen LogP) is 9.30. The number of quaternary nitrogens is 1. The number of ether oxygens (including phenoxy) is 3. The molecule has 0 saturated carbocycles. The molecule has 0 N–H and O–H groups in total. The number of esters is 2. The molecule has 0 aliphatic heterocycles. The van der Waals surface area contributed by atoms with Crippen molar-refractivity contribution in [1.82, 2.24) is 0 Å². The highest BCUT2D eigenvalue weighted by molar-refractivity contribution is 5.70. The summed E-state index contributed by atoms with van der Waals surface area (Å²) in [5, 5.41) is 11.6. The molecule has 8 heteroatoms. The van der Waals surface area contributed by atoms with Gasteiger partial charge < -0.3 is 28.6 Å². The van der Waals surface area contributed by atoms with E-state index in [9.17, 15) is 19.5 Å². The topological polar surface area (TPSA) is 102 Å². The van der Waals surface area contributed by atoms with E-state index in [-0.39, 0.29) is 49.1 Å². The van der Waals surface area contributed by atoms with Gasteiger partial charge in [-0.15, -0.1) is 0 Å². The van der Waals surface area contributed by atoms with Gasteiger partial charge in [-0.3, -0.25) is 9.59 Å². The van der Waals surface area contributed by atoms with E-state index in [0.29, 0.717) is 12.8 Å². The molecule has 0 spiro atoms. The Kier molecular flexibility index (Phi) is 33.1. The minimum absolute atomic E-state index is 0.0139. The van der Waals surface area contributed by atoms with Crippen molar-refractivity contribution in [3.8, 4) is 0 Å². The molecular formula is C44H75NO7. The highest BCUT2D eigenvalue weighted by Crippen LogP contribution is 2.11. The van der Waals surface area contributed by atoms with E-state index < -0.39 is 18.1 Å². The average molecular weight is 730 g/mol. The Bertz CT molecular complexity index is 1040. The first-order chi connectivity index (χ1) is 25.1. The van der Waals surface area contributed by atoms with Gasteiger partial charge in [0, 0.05) is 19.3 Å². The van der Waals surface area contributed by atoms with Crippen molar-refractivity contribution in [2.45, 2.75) is 161 Å². The zero-order chi connectivity index (χ0) is 38.5. The lowest BCUT2D eigenvalue weighted by atomic mass is 10.1. The molecule has 2 atom stereocenters. The summed E-state index contributed by atoms with van der Waals surface area (Å²) >= 11 is 0. The molecule has 2 unspecified atom stereocenters. The van der Waals surface area contributed by atoms with Gasteiger partial charge in [0.2, 0.25) is 0 Å². The van der Waals surface area contributed by atoms with Crippen LogP contribution >= 0.6 is 0 Å². The Labute approximate surface area is 318 Å². The summed E-state index contributed by atoms with van der Waals surface area (Å²) in [5.41, 5.74) is 0. The van der Waals surface area contributed by atoms with Crippen LogP contribution in [0.15, 0.2) is 60.8 Å². The maximum absolute atomic E-state index is 12.6. The SMILES string of the molecule is CCCC/C=C/CCCCCCCC(=O)OCC(COCCC(C(=O)[O-])[N+](C)(C)C)OC(=O)CCC/C=C/C/C=C/C/C=C/C/C=C/CCCCC. The van der Waals surface area contributed by atoms with Crippen LogP contribution in [0.3, 0.4) is 0 Å². The minimum atomic E-state index is -1.14. The number of unbranched alkanes of at least 4 members (excludes halogenated alkanes) is 11. The van der Waals surface area contributed by atoms with Gasteiger partial charge in [0.25, 0.3) is 0 Å². The summed E-state index contributed by atoms with van der Waals surface area (Å²) in [6.45, 7) is 4.50. The van der Waals surface area contributed by atoms with Crippen molar-refractivity contribution < 1.29 is 38.2 Å². The molecule has 52 heavy (non-hydrogen) atoms. The van der Waals surface area contributed by atoms with Crippen molar-refractivity contribution in [2.24, 2.45) is 0 Å². The van der Waals surface area contributed by atoms with E-state index in [4.69, 9.17) is 14.2 Å². The van der Waals surface area contributed by atoms with Crippen LogP contribution < -0.4 is 5.11 Å². The van der Waals surface area contributed by atoms with Crippen molar-refractivity contribution in [1.29, 1.82) is 0 Å². The van der Waals surface area contributed by atoms with Crippen LogP contribution in [-0.4, -0.2) is 75.5 Å². The van der Waals surface area contributed by atoms with Crippen LogP contribution in [0.4, 0.5) is 0 Å². The molecule has 0 aromatic rings. The van der Waals surface area contributed by atoms with Gasteiger partial charge in [0.15, 0.2) is 6.10 Å². The van der Waals surface area contributed by atoms with Gasteiger partial charge in [-0.25, -0.2) is 0 Å². The normalized spacial score (nSPS) is 13.6. The highest BCUT2D eigenvalue weighted by atomic mass is 16.6. The first-order valence-electron chi connectivity index (χ1n) is 20.3. The van der Waals surface area contributed by atoms with E-state index in [0.717, 1.165) is 64.2 Å². The first kappa shape index (κ1) is 49.0. The zero-order valence-corrected chi connectivity index (χ0v) is 33.7. The molecule has 8 nitrogen and oxygen atoms in total. The van der Waals surface area contributed by atoms with Crippen LogP contribution in [0.2, 0.25) is 0 Å². The molecule has 0 radical (unpaired) electrons. The van der Waals surface area contributed by atoms with Crippen molar-refractivity contribution in [2.75, 3.05) is 41.0 Å². The van der Waals surface area contributed by atoms with Gasteiger partial charge in [0.1, 0.15) is 12.6 Å². The van der Waals surface area contributed by atoms with E-state index in [1.807, 2.05) is 0 Å². The summed E-state index contributed by atoms with van der Waals surface area (Å²) in [5.74, 6) is -1.83. The Morgan fingerprint density at radius 2 is 1.06 bits per heavy atom. The Morgan fingerprint density at radius 1 is 0.577 bits per heavy atom. The number of carboxylic acid groups (broad SMARTS) is 1. The maximum atomic E-state index is 12.6. The summed E-state index contributed by atoms with van der Waals surface area (Å²) in [7, 11) is 5.37. The molecule has 0 heterocycles. The molecule has 0 rings (SSSR count). The third-order valence-corrected chi connectivity index (χ3v) is 8.63. The summed E-state index contributed by atoms with van der Waals surface area (Å²) in [6, 6.07) is -0.737. The fraction of sp³-hybridized carbons (Fsp3) is 0.705. The van der Waals surface area contributed by atoms with Gasteiger partial charge in [-0.1, -0.05) is 120 Å². The first-order valence-corrected chi connectivity index (χ1v) is 20.3. The number of nitrogens with zero attached hydrogens (tertiary/aromatic N) is 1. The fourth-order valence-electron chi connectivity index (χ4n) is 5.39. The molecule has 0 saturated heterocycles. The largest absolute Gasteiger partial charge is 0.544 e. The molecule has 0 amide bonds. The molecule has 0 fully saturated rings. The minimum Gasteiger partial charge on any atom is -0.544 e. The van der Waals surface area contributed by atoms with Crippen molar-refractivity contribution in [3.05, 3.63) is 60.8 Å². The maximum Gasteiger partial charge on any atom is 0.306 e. The van der Waals surface area contributed by atoms with E-state index in [1.54, 1.807) is 21.1 Å². The molecular weight excluding hydrogens is 654 g/mol. The van der Waals surface area contributed by atoms with Gasteiger partial charge in [-0.05, 0) is 70.6 Å². The molecule has 0 aromatic carbocycles. The number of carbonyl (C=O) groups is 3. The Hall–Kier alpha value is -2.97. The van der Waals surface area contributed by atoms with Crippen LogP contribution in [-0.2, 0) is 28.6 Å². The van der Waals surface area contributed by atoms with E-state index >= 15 is 0 Å². The lowest BCUT2D eigenvalue weighted by molar-refractivity contribution is -0.889. The number of hydrogen-bond acceptors (Lipinski definition) is 7. The molecule has 0 bridgehead atoms. The smallest absolute Gasteiger partial charge is 0.306 e. The van der Waals surface area contributed by atoms with Crippen LogP contribution in [0.5, 0.6) is 0 Å². The zero-order valence-electron chi connectivity index (χ0n) is 33.7. The number of carbonyl (C=O) groups excluding carboxylic acids is 3. The van der Waals surface area contributed by atoms with Gasteiger partial charge >= 0.3 is 11.9 Å². The number of rotatable bonds is 35. The molecule has 0 aliphatic carbocycles. The fourth-order valence-corrected chi connectivity index (χ4v) is 5.39. The van der Waals surface area contributed by atoms with Crippen LogP contribution in [0, 0.1) is 0 Å². The van der Waals surface area contributed by atoms with Gasteiger partial charge in [0.05, 0.1) is 40.3 Å². The second-order valence-corrected chi connectivity index (χ2v) is 14.5. The number of likely N-dealkylation sites (N-methyl/N-ethyl adjacent to an activating group) is 1. The molecule has 0 aliphatic rings. The van der Waals surface area contributed by atoms with Crippen molar-refractivity contribution >= 4 is 17.9 Å². The third-order valence-electron chi connectivity index (χ3n) is 8.63. The highest BCUT2D eigenvalue weighted by Gasteiger charge is 2.25.